The fourth-order valence-corrected chi connectivity index (χ4v) is 4.41. The highest BCUT2D eigenvalue weighted by atomic mass is 16.5. The predicted octanol–water partition coefficient (Wildman–Crippen LogP) is 4.37. The molecule has 0 amide bonds. The summed E-state index contributed by atoms with van der Waals surface area (Å²) in [5.41, 5.74) is 4.00. The fourth-order valence-electron chi connectivity index (χ4n) is 4.41. The normalized spacial score (nSPS) is 11.0. The van der Waals surface area contributed by atoms with E-state index >= 15 is 0 Å². The third kappa shape index (κ3) is 5.87. The van der Waals surface area contributed by atoms with Gasteiger partial charge >= 0.3 is 0 Å². The van der Waals surface area contributed by atoms with Gasteiger partial charge in [-0.25, -0.2) is 4.98 Å². The number of anilines is 2. The van der Waals surface area contributed by atoms with Crippen molar-refractivity contribution in [3.05, 3.63) is 119 Å². The molecule has 6 aromatic rings. The largest absolute Gasteiger partial charge is 0.436 e. The van der Waals surface area contributed by atoms with Gasteiger partial charge in [0.15, 0.2) is 5.78 Å². The van der Waals surface area contributed by atoms with Gasteiger partial charge in [-0.05, 0) is 40.5 Å². The number of Topliss-reactive ketones (excluding diaryl/α,β-unsaturated/α-hetero) is 1. The highest BCUT2D eigenvalue weighted by molar-refractivity contribution is 5.97. The fraction of sp³-hybridized carbons (Fsp3) is 0.133. The molecule has 0 bridgehead atoms. The molecule has 12 heteroatoms. The third-order valence-corrected chi connectivity index (χ3v) is 6.58. The lowest BCUT2D eigenvalue weighted by atomic mass is 10.1. The summed E-state index contributed by atoms with van der Waals surface area (Å²) in [7, 11) is 3.60. The highest BCUT2D eigenvalue weighted by Gasteiger charge is 2.17. The minimum absolute atomic E-state index is 0.0914. The molecule has 0 radical (unpaired) electrons. The van der Waals surface area contributed by atoms with Crippen molar-refractivity contribution in [3.63, 3.8) is 0 Å². The number of aromatic nitrogens is 7. The molecule has 42 heavy (non-hydrogen) atoms. The van der Waals surface area contributed by atoms with E-state index in [1.807, 2.05) is 37.5 Å². The summed E-state index contributed by atoms with van der Waals surface area (Å²) in [5.74, 6) is 1.03. The predicted molar refractivity (Wildman–Crippen MR) is 154 cm³/mol. The van der Waals surface area contributed by atoms with Gasteiger partial charge in [0.1, 0.15) is 12.0 Å². The number of rotatable bonds is 10. The average molecular weight is 563 g/mol. The Labute approximate surface area is 239 Å². The van der Waals surface area contributed by atoms with Crippen LogP contribution in [0.5, 0.6) is 11.6 Å². The van der Waals surface area contributed by atoms with E-state index in [4.69, 9.17) is 9.26 Å². The van der Waals surface area contributed by atoms with Crippen LogP contribution in [0.2, 0.25) is 0 Å². The van der Waals surface area contributed by atoms with Crippen molar-refractivity contribution in [2.24, 2.45) is 14.1 Å². The summed E-state index contributed by atoms with van der Waals surface area (Å²) in [5, 5.41) is 15.3. The SMILES string of the molecule is Cn1cc(C(=O)Cc2cnc(Nc3ccc(Oc4ccon4)cc3)n(Cc3ccc(-c4cnn(C)c4)cc3)c2=O)cn1. The monoisotopic (exact) mass is 562 g/mol. The van der Waals surface area contributed by atoms with E-state index in [1.165, 1.54) is 23.2 Å². The standard InChI is InChI=1S/C30H26N8O4/c1-36-18-23(15-32-36)21-5-3-20(4-6-21)17-38-29(40)22(13-27(39)24-16-33-37(2)19-24)14-31-30(38)34-25-7-9-26(10-8-25)42-28-11-12-41-35-28/h3-12,14-16,18-19H,13,17H2,1-2H3,(H,31,34). The van der Waals surface area contributed by atoms with Gasteiger partial charge in [-0.3, -0.25) is 23.5 Å². The molecule has 0 spiro atoms. The van der Waals surface area contributed by atoms with Crippen LogP contribution in [-0.4, -0.2) is 40.1 Å². The lowest BCUT2D eigenvalue weighted by molar-refractivity contribution is 0.0992. The molecule has 0 aliphatic rings. The van der Waals surface area contributed by atoms with Gasteiger partial charge in [0, 0.05) is 62.0 Å². The molecular weight excluding hydrogens is 536 g/mol. The number of ether oxygens (including phenoxy) is 1. The Balaban J connectivity index is 1.28. The molecule has 0 fully saturated rings. The van der Waals surface area contributed by atoms with E-state index in [1.54, 1.807) is 59.1 Å². The maximum Gasteiger partial charge on any atom is 0.259 e. The molecule has 0 aliphatic carbocycles. The summed E-state index contributed by atoms with van der Waals surface area (Å²) in [6.45, 7) is 0.240. The van der Waals surface area contributed by atoms with E-state index in [0.717, 1.165) is 16.7 Å². The summed E-state index contributed by atoms with van der Waals surface area (Å²) in [4.78, 5) is 31.2. The number of nitrogens with zero attached hydrogens (tertiary/aromatic N) is 7. The molecule has 2 aromatic carbocycles. The van der Waals surface area contributed by atoms with Crippen LogP contribution in [0.4, 0.5) is 11.6 Å². The molecule has 210 valence electrons. The quantitative estimate of drug-likeness (QED) is 0.241. The van der Waals surface area contributed by atoms with Crippen LogP contribution in [0, 0.1) is 0 Å². The zero-order valence-electron chi connectivity index (χ0n) is 22.8. The number of aryl methyl sites for hydroxylation is 2. The van der Waals surface area contributed by atoms with Gasteiger partial charge in [0.2, 0.25) is 5.95 Å². The topological polar surface area (TPSA) is 135 Å². The number of hydrogen-bond donors (Lipinski definition) is 1. The van der Waals surface area contributed by atoms with Crippen molar-refractivity contribution < 1.29 is 14.1 Å². The zero-order valence-corrected chi connectivity index (χ0v) is 22.8. The second-order valence-corrected chi connectivity index (χ2v) is 9.69. The smallest absolute Gasteiger partial charge is 0.259 e. The number of carbonyl (C=O) groups excluding carboxylic acids is 1. The Morgan fingerprint density at radius 3 is 2.33 bits per heavy atom. The molecule has 1 N–H and O–H groups in total. The summed E-state index contributed by atoms with van der Waals surface area (Å²) in [6, 6.07) is 16.6. The lowest BCUT2D eigenvalue weighted by Gasteiger charge is -2.15. The Morgan fingerprint density at radius 2 is 1.67 bits per heavy atom. The van der Waals surface area contributed by atoms with Gasteiger partial charge in [0.05, 0.1) is 24.5 Å². The molecule has 12 nitrogen and oxygen atoms in total. The number of nitrogens with one attached hydrogen (secondary N) is 1. The molecule has 4 heterocycles. The molecular formula is C30H26N8O4. The Kier molecular flexibility index (Phi) is 7.16. The van der Waals surface area contributed by atoms with Crippen LogP contribution >= 0.6 is 0 Å². The van der Waals surface area contributed by atoms with Gasteiger partial charge in [-0.15, -0.1) is 0 Å². The van der Waals surface area contributed by atoms with Crippen molar-refractivity contribution in [3.8, 4) is 22.8 Å². The van der Waals surface area contributed by atoms with Crippen molar-refractivity contribution in [2.45, 2.75) is 13.0 Å². The first-order valence-electron chi connectivity index (χ1n) is 13.0. The van der Waals surface area contributed by atoms with E-state index < -0.39 is 0 Å². The van der Waals surface area contributed by atoms with E-state index in [-0.39, 0.29) is 29.9 Å². The molecule has 6 rings (SSSR count). The molecule has 0 aliphatic heterocycles. The molecule has 0 unspecified atom stereocenters. The number of hydrogen-bond acceptors (Lipinski definition) is 9. The van der Waals surface area contributed by atoms with Crippen molar-refractivity contribution in [1.82, 2.24) is 34.3 Å². The van der Waals surface area contributed by atoms with Gasteiger partial charge < -0.3 is 14.6 Å². The summed E-state index contributed by atoms with van der Waals surface area (Å²) in [6.07, 6.45) is 9.64. The summed E-state index contributed by atoms with van der Waals surface area (Å²) >= 11 is 0. The van der Waals surface area contributed by atoms with Crippen molar-refractivity contribution >= 4 is 17.4 Å². The van der Waals surface area contributed by atoms with E-state index in [2.05, 4.69) is 25.7 Å². The maximum absolute atomic E-state index is 13.7. The maximum atomic E-state index is 13.7. The molecule has 0 saturated heterocycles. The van der Waals surface area contributed by atoms with Gasteiger partial charge in [0.25, 0.3) is 11.4 Å². The number of carbonyl (C=O) groups is 1. The lowest BCUT2D eigenvalue weighted by Crippen LogP contribution is -2.28. The Bertz CT molecular complexity index is 1890. The van der Waals surface area contributed by atoms with E-state index in [9.17, 15) is 9.59 Å². The van der Waals surface area contributed by atoms with Crippen LogP contribution in [0.3, 0.4) is 0 Å². The molecule has 4 aromatic heterocycles. The van der Waals surface area contributed by atoms with Crippen molar-refractivity contribution in [2.75, 3.05) is 5.32 Å². The highest BCUT2D eigenvalue weighted by Crippen LogP contribution is 2.24. The first kappa shape index (κ1) is 26.4. The van der Waals surface area contributed by atoms with Crippen LogP contribution < -0.4 is 15.6 Å². The van der Waals surface area contributed by atoms with Crippen LogP contribution in [0.15, 0.2) is 101 Å². The third-order valence-electron chi connectivity index (χ3n) is 6.58. The molecule has 0 saturated carbocycles. The Morgan fingerprint density at radius 1 is 0.905 bits per heavy atom. The Hall–Kier alpha value is -5.78. The number of benzene rings is 2. The van der Waals surface area contributed by atoms with Gasteiger partial charge in [-0.1, -0.05) is 24.3 Å². The van der Waals surface area contributed by atoms with Crippen LogP contribution in [0.25, 0.3) is 11.1 Å². The van der Waals surface area contributed by atoms with Crippen LogP contribution in [0.1, 0.15) is 21.5 Å². The first-order valence-corrected chi connectivity index (χ1v) is 13.0. The molecule has 0 atom stereocenters. The summed E-state index contributed by atoms with van der Waals surface area (Å²) < 4.78 is 15.3. The van der Waals surface area contributed by atoms with Gasteiger partial charge in [-0.2, -0.15) is 10.2 Å². The average Bonchev–Trinajstić information content (AvgIpc) is 3.77. The first-order chi connectivity index (χ1) is 20.4. The minimum Gasteiger partial charge on any atom is -0.436 e. The zero-order chi connectivity index (χ0) is 29.1. The van der Waals surface area contributed by atoms with Crippen molar-refractivity contribution in [1.29, 1.82) is 0 Å². The second kappa shape index (κ2) is 11.4. The minimum atomic E-state index is -0.313. The van der Waals surface area contributed by atoms with E-state index in [0.29, 0.717) is 28.8 Å². The van der Waals surface area contributed by atoms with Crippen LogP contribution in [-0.2, 0) is 27.1 Å². The number of ketones is 1. The second-order valence-electron chi connectivity index (χ2n) is 9.69.